The number of anilines is 1. The van der Waals surface area contributed by atoms with Gasteiger partial charge in [0, 0.05) is 25.1 Å². The summed E-state index contributed by atoms with van der Waals surface area (Å²) in [5, 5.41) is 9.60. The number of nitrogens with zero attached hydrogens (tertiary/aromatic N) is 2. The number of hydrogen-bond acceptors (Lipinski definition) is 4. The van der Waals surface area contributed by atoms with E-state index >= 15 is 0 Å². The van der Waals surface area contributed by atoms with Crippen molar-refractivity contribution in [3.63, 3.8) is 0 Å². The van der Waals surface area contributed by atoms with Crippen molar-refractivity contribution in [2.75, 3.05) is 11.4 Å². The van der Waals surface area contributed by atoms with Crippen LogP contribution in [0.1, 0.15) is 11.5 Å². The average molecular weight is 452 g/mol. The average Bonchev–Trinajstić information content (AvgIpc) is 3.05. The summed E-state index contributed by atoms with van der Waals surface area (Å²) >= 11 is 9.01. The summed E-state index contributed by atoms with van der Waals surface area (Å²) in [7, 11) is 0. The molecule has 1 heterocycles. The fourth-order valence-corrected chi connectivity index (χ4v) is 3.26. The second kappa shape index (κ2) is 8.45. The molecule has 0 aliphatic heterocycles. The Balaban J connectivity index is 2.06. The molecule has 2 aromatic carbocycles. The lowest BCUT2D eigenvalue weighted by Gasteiger charge is -2.20. The molecule has 1 N–H and O–H groups in total. The first-order valence-electron chi connectivity index (χ1n) is 8.03. The zero-order valence-electron chi connectivity index (χ0n) is 14.4. The quantitative estimate of drug-likeness (QED) is 0.519. The van der Waals surface area contributed by atoms with Gasteiger partial charge in [0.05, 0.1) is 10.2 Å². The third-order valence-corrected chi connectivity index (χ3v) is 4.75. The number of amides is 1. The summed E-state index contributed by atoms with van der Waals surface area (Å²) in [6, 6.07) is 11.3. The van der Waals surface area contributed by atoms with Crippen molar-refractivity contribution >= 4 is 50.4 Å². The molecule has 1 aromatic heterocycles. The highest BCUT2D eigenvalue weighted by atomic mass is 79.9. The summed E-state index contributed by atoms with van der Waals surface area (Å²) in [5.74, 6) is 0.865. The highest BCUT2D eigenvalue weighted by Gasteiger charge is 2.23. The number of fused-ring (bicyclic) bond motifs is 1. The second-order valence-corrected chi connectivity index (χ2v) is 6.69. The predicted molar refractivity (Wildman–Crippen MR) is 108 cm³/mol. The number of oxazole rings is 1. The van der Waals surface area contributed by atoms with Crippen molar-refractivity contribution in [1.29, 1.82) is 0 Å². The normalized spacial score (nSPS) is 11.2. The predicted octanol–water partition coefficient (Wildman–Crippen LogP) is 5.71. The first kappa shape index (κ1) is 19.3. The van der Waals surface area contributed by atoms with Crippen molar-refractivity contribution in [1.82, 2.24) is 4.98 Å². The molecule has 0 spiro atoms. The number of hydrogen-bond donors (Lipinski definition) is 1. The van der Waals surface area contributed by atoms with E-state index in [1.807, 2.05) is 30.3 Å². The van der Waals surface area contributed by atoms with E-state index in [1.165, 1.54) is 11.6 Å². The lowest BCUT2D eigenvalue weighted by atomic mass is 10.2. The first-order valence-corrected chi connectivity index (χ1v) is 9.26. The molecule has 3 aromatic rings. The van der Waals surface area contributed by atoms with E-state index in [0.29, 0.717) is 39.5 Å². The van der Waals surface area contributed by atoms with Crippen LogP contribution in [0.15, 0.2) is 56.9 Å². The number of aromatic nitrogens is 1. The fraction of sp³-hybridized carbons (Fsp3) is 0.158. The Morgan fingerprint density at radius 1 is 1.41 bits per heavy atom. The van der Waals surface area contributed by atoms with Crippen LogP contribution in [0.2, 0.25) is 0 Å². The highest BCUT2D eigenvalue weighted by molar-refractivity contribution is 9.10. The molecule has 0 radical (unpaired) electrons. The maximum Gasteiger partial charge on any atom is 0.412 e. The SMILES string of the molecule is Cc1nc2c(Br)c(N(C/C=C/Cl)C(=O)O)cc(OCc3ccccc3)c2o1. The van der Waals surface area contributed by atoms with Gasteiger partial charge in [-0.3, -0.25) is 4.90 Å². The molecule has 0 bridgehead atoms. The second-order valence-electron chi connectivity index (χ2n) is 5.65. The van der Waals surface area contributed by atoms with E-state index in [-0.39, 0.29) is 6.54 Å². The van der Waals surface area contributed by atoms with E-state index in [0.717, 1.165) is 10.5 Å². The monoisotopic (exact) mass is 450 g/mol. The minimum Gasteiger partial charge on any atom is -0.485 e. The van der Waals surface area contributed by atoms with Crippen LogP contribution in [0, 0.1) is 6.92 Å². The van der Waals surface area contributed by atoms with E-state index in [1.54, 1.807) is 13.0 Å². The van der Waals surface area contributed by atoms with Crippen LogP contribution >= 0.6 is 27.5 Å². The number of rotatable bonds is 6. The number of halogens is 2. The molecule has 0 saturated heterocycles. The third-order valence-electron chi connectivity index (χ3n) is 3.79. The van der Waals surface area contributed by atoms with Crippen LogP contribution in [-0.2, 0) is 6.61 Å². The fourth-order valence-electron chi connectivity index (χ4n) is 2.58. The molecular formula is C19H16BrClN2O4. The Hall–Kier alpha value is -2.51. The minimum atomic E-state index is -1.13. The van der Waals surface area contributed by atoms with Crippen LogP contribution in [0.25, 0.3) is 11.1 Å². The van der Waals surface area contributed by atoms with Gasteiger partial charge in [-0.1, -0.05) is 48.0 Å². The summed E-state index contributed by atoms with van der Waals surface area (Å²) < 4.78 is 12.1. The summed E-state index contributed by atoms with van der Waals surface area (Å²) in [6.07, 6.45) is 0.407. The summed E-state index contributed by atoms with van der Waals surface area (Å²) in [6.45, 7) is 2.11. The topological polar surface area (TPSA) is 75.8 Å². The lowest BCUT2D eigenvalue weighted by Crippen LogP contribution is -2.29. The number of benzene rings is 2. The maximum absolute atomic E-state index is 11.7. The Morgan fingerprint density at radius 2 is 2.15 bits per heavy atom. The lowest BCUT2D eigenvalue weighted by molar-refractivity contribution is 0.202. The van der Waals surface area contributed by atoms with Crippen molar-refractivity contribution in [2.45, 2.75) is 13.5 Å². The van der Waals surface area contributed by atoms with Crippen LogP contribution < -0.4 is 9.64 Å². The standard InChI is InChI=1S/C19H16BrClN2O4/c1-12-22-17-16(20)14(23(19(24)25)9-5-8-21)10-15(18(17)27-12)26-11-13-6-3-2-4-7-13/h2-8,10H,9,11H2,1H3,(H,24,25)/b8-5+. The molecular weight excluding hydrogens is 436 g/mol. The van der Waals surface area contributed by atoms with Crippen LogP contribution in [0.5, 0.6) is 5.75 Å². The largest absolute Gasteiger partial charge is 0.485 e. The zero-order chi connectivity index (χ0) is 19.4. The van der Waals surface area contributed by atoms with E-state index in [4.69, 9.17) is 20.8 Å². The molecule has 0 aliphatic carbocycles. The highest BCUT2D eigenvalue weighted by Crippen LogP contribution is 2.40. The molecule has 0 unspecified atom stereocenters. The molecule has 0 aliphatic rings. The van der Waals surface area contributed by atoms with Gasteiger partial charge >= 0.3 is 6.09 Å². The van der Waals surface area contributed by atoms with Gasteiger partial charge in [-0.05, 0) is 21.5 Å². The number of carbonyl (C=O) groups is 1. The van der Waals surface area contributed by atoms with Crippen molar-refractivity contribution in [3.8, 4) is 5.75 Å². The van der Waals surface area contributed by atoms with Gasteiger partial charge in [0.1, 0.15) is 12.1 Å². The smallest absolute Gasteiger partial charge is 0.412 e. The van der Waals surface area contributed by atoms with E-state index in [9.17, 15) is 9.90 Å². The number of ether oxygens (including phenoxy) is 1. The van der Waals surface area contributed by atoms with Crippen molar-refractivity contribution < 1.29 is 19.1 Å². The molecule has 0 fully saturated rings. The van der Waals surface area contributed by atoms with Gasteiger partial charge in [0.25, 0.3) is 0 Å². The molecule has 3 rings (SSSR count). The Morgan fingerprint density at radius 3 is 2.81 bits per heavy atom. The number of aryl methyl sites for hydroxylation is 1. The molecule has 27 heavy (non-hydrogen) atoms. The van der Waals surface area contributed by atoms with Crippen molar-refractivity contribution in [3.05, 3.63) is 63.9 Å². The Bertz CT molecular complexity index is 988. The Kier molecular flexibility index (Phi) is 6.03. The molecule has 8 heteroatoms. The van der Waals surface area contributed by atoms with Crippen LogP contribution in [0.4, 0.5) is 10.5 Å². The van der Waals surface area contributed by atoms with E-state index < -0.39 is 6.09 Å². The molecule has 6 nitrogen and oxygen atoms in total. The zero-order valence-corrected chi connectivity index (χ0v) is 16.7. The number of carboxylic acid groups (broad SMARTS) is 1. The van der Waals surface area contributed by atoms with Gasteiger partial charge < -0.3 is 14.3 Å². The van der Waals surface area contributed by atoms with Gasteiger partial charge in [0.2, 0.25) is 0 Å². The summed E-state index contributed by atoms with van der Waals surface area (Å²) in [4.78, 5) is 17.2. The van der Waals surface area contributed by atoms with Gasteiger partial charge in [0.15, 0.2) is 17.2 Å². The molecule has 1 amide bonds. The van der Waals surface area contributed by atoms with Gasteiger partial charge in [-0.15, -0.1) is 0 Å². The third kappa shape index (κ3) is 4.26. The van der Waals surface area contributed by atoms with Crippen LogP contribution in [0.3, 0.4) is 0 Å². The maximum atomic E-state index is 11.7. The molecule has 0 saturated carbocycles. The van der Waals surface area contributed by atoms with E-state index in [2.05, 4.69) is 20.9 Å². The summed E-state index contributed by atoms with van der Waals surface area (Å²) in [5.41, 5.74) is 3.59. The Labute approximate surface area is 169 Å². The first-order chi connectivity index (χ1) is 13.0. The molecule has 0 atom stereocenters. The minimum absolute atomic E-state index is 0.0812. The molecule has 140 valence electrons. The van der Waals surface area contributed by atoms with Gasteiger partial charge in [-0.2, -0.15) is 0 Å². The van der Waals surface area contributed by atoms with Crippen molar-refractivity contribution in [2.24, 2.45) is 0 Å². The van der Waals surface area contributed by atoms with Gasteiger partial charge in [-0.25, -0.2) is 9.78 Å². The van der Waals surface area contributed by atoms with Crippen LogP contribution in [-0.4, -0.2) is 22.7 Å².